The van der Waals surface area contributed by atoms with Crippen LogP contribution in [0.15, 0.2) is 149 Å². The zero-order valence-electron chi connectivity index (χ0n) is 50.0. The maximum absolute atomic E-state index is 13.5. The number of pyridine rings is 1. The van der Waals surface area contributed by atoms with Gasteiger partial charge < -0.3 is 36.1 Å². The molecule has 9 N–H and O–H groups in total. The smallest absolute Gasteiger partial charge is 0.326 e. The van der Waals surface area contributed by atoms with Crippen LogP contribution in [0, 0.1) is 6.92 Å². The molecule has 0 bridgehead atoms. The molecule has 25 heteroatoms. The number of amides is 1. The Kier molecular flexibility index (Phi) is 19.3. The van der Waals surface area contributed by atoms with Crippen LogP contribution in [0.5, 0.6) is 5.75 Å². The van der Waals surface area contributed by atoms with Gasteiger partial charge in [0.05, 0.1) is 40.9 Å². The van der Waals surface area contributed by atoms with Crippen molar-refractivity contribution in [1.82, 2.24) is 20.3 Å². The zero-order valence-corrected chi connectivity index (χ0v) is 52.4. The summed E-state index contributed by atoms with van der Waals surface area (Å²) in [7, 11) is -12.7. The highest BCUT2D eigenvalue weighted by Crippen LogP contribution is 2.49. The molecule has 2 aliphatic heterocycles. The number of nitrogens with two attached hydrogens (primary N) is 1. The fourth-order valence-corrected chi connectivity index (χ4v) is 13.4. The highest BCUT2D eigenvalue weighted by molar-refractivity contribution is 7.86. The summed E-state index contributed by atoms with van der Waals surface area (Å²) in [5.41, 5.74) is 15.0. The fourth-order valence-electron chi connectivity index (χ4n) is 11.7. The van der Waals surface area contributed by atoms with Gasteiger partial charge in [0.1, 0.15) is 35.7 Å². The number of nitrogens with one attached hydrogen (secondary N) is 3. The van der Waals surface area contributed by atoms with Gasteiger partial charge in [0.2, 0.25) is 5.69 Å². The topological polar surface area (TPSA) is 342 Å². The number of benzene rings is 4. The second-order valence-electron chi connectivity index (χ2n) is 23.7. The number of rotatable bonds is 25. The van der Waals surface area contributed by atoms with E-state index in [9.17, 15) is 58.4 Å². The lowest BCUT2D eigenvalue weighted by molar-refractivity contribution is -0.438. The Balaban J connectivity index is 1.01. The molecule has 1 atom stereocenters. The second kappa shape index (κ2) is 26.4. The number of aromatic nitrogens is 3. The van der Waals surface area contributed by atoms with Crippen LogP contribution in [0.25, 0.3) is 11.0 Å². The number of allylic oxidation sites excluding steroid dienone is 7. The molecule has 2 aromatic heterocycles. The van der Waals surface area contributed by atoms with E-state index in [-0.39, 0.29) is 48.5 Å². The minimum Gasteiger partial charge on any atom is -0.480 e. The van der Waals surface area contributed by atoms with E-state index < -0.39 is 76.2 Å². The number of hydrogen-bond donors (Lipinski definition) is 8. The van der Waals surface area contributed by atoms with Crippen LogP contribution in [0.4, 0.5) is 22.9 Å². The van der Waals surface area contributed by atoms with Gasteiger partial charge in [-0.25, -0.2) is 9.78 Å². The highest BCUT2D eigenvalue weighted by atomic mass is 32.2. The summed E-state index contributed by atoms with van der Waals surface area (Å²) in [5, 5.41) is 16.2. The number of fused-ring (bicyclic) bond motifs is 3. The number of anilines is 3. The number of aryl methyl sites for hydroxylation is 1. The number of ether oxygens (including phenoxy) is 1. The van der Waals surface area contributed by atoms with Gasteiger partial charge in [-0.15, -0.1) is 0 Å². The van der Waals surface area contributed by atoms with E-state index in [0.717, 1.165) is 57.0 Å². The van der Waals surface area contributed by atoms with Gasteiger partial charge in [0, 0.05) is 71.2 Å². The Morgan fingerprint density at radius 3 is 2.19 bits per heavy atom. The van der Waals surface area contributed by atoms with Gasteiger partial charge in [0.15, 0.2) is 11.2 Å². The molecule has 6 aromatic rings. The molecule has 4 aromatic carbocycles. The van der Waals surface area contributed by atoms with Gasteiger partial charge in [-0.05, 0) is 148 Å². The molecule has 0 spiro atoms. The second-order valence-corrected chi connectivity index (χ2v) is 28.3. The quantitative estimate of drug-likeness (QED) is 0.0150. The van der Waals surface area contributed by atoms with Crippen LogP contribution >= 0.6 is 0 Å². The van der Waals surface area contributed by atoms with Gasteiger partial charge in [-0.3, -0.25) is 28.2 Å². The molecule has 4 heterocycles. The van der Waals surface area contributed by atoms with Gasteiger partial charge in [0.25, 0.3) is 41.8 Å². The Hall–Kier alpha value is -8.33. The fraction of sp³-hybridized carbons (Fsp3) is 0.344. The van der Waals surface area contributed by atoms with E-state index in [1.54, 1.807) is 66.7 Å². The number of carboxylic acid groups (broad SMARTS) is 1. The van der Waals surface area contributed by atoms with Crippen LogP contribution in [0.3, 0.4) is 0 Å². The third kappa shape index (κ3) is 16.1. The van der Waals surface area contributed by atoms with Gasteiger partial charge in [-0.2, -0.15) is 29.8 Å². The summed E-state index contributed by atoms with van der Waals surface area (Å²) < 4.78 is 109. The van der Waals surface area contributed by atoms with Crippen LogP contribution in [-0.2, 0) is 64.7 Å². The molecule has 1 aliphatic carbocycles. The van der Waals surface area contributed by atoms with Crippen molar-refractivity contribution in [1.29, 1.82) is 0 Å². The molecule has 22 nitrogen and oxygen atoms in total. The first-order valence-corrected chi connectivity index (χ1v) is 33.9. The summed E-state index contributed by atoms with van der Waals surface area (Å²) in [4.78, 5) is 52.0. The van der Waals surface area contributed by atoms with Crippen LogP contribution in [0.1, 0.15) is 117 Å². The molecule has 9 rings (SSSR count). The number of carbonyl (C=O) groups is 2. The monoisotopic (exact) mass is 1270 g/mol. The lowest BCUT2D eigenvalue weighted by Crippen LogP contribution is -2.42. The number of nitrogens with zero attached hydrogens (tertiary/aromatic N) is 4. The van der Waals surface area contributed by atoms with Crippen molar-refractivity contribution >= 4 is 81.9 Å². The molecule has 3 aliphatic rings. The standard InChI is InChI=1S/C64H72N8O14S3/c1-40-13-25-53-49(33-40)63(2,3)55(71(53)29-6-8-31-87(77,78)79)27-19-43-11-10-12-44(20-28-56-64(4,5)50-34-42(39-89(83,84)85)16-26-54(50)72(56)30-7-9-32-88(80,81)82)59(43)86-48-23-14-41(15-24-48)35-52(62(75)76)69-60(73)45-17-21-46(22-18-45)66-37-47-38-67-51-36-57(65)70-61(74)58(51)68-47/h13-28,33-34,36,38,52H,6-12,29-32,35,37,39H2,1-5H3,(H8-,65,66,67,69,70,73,74,75,76,77,78,79,80,81,82,83,84,85)/p+1/t52-/m1/s1. The Labute approximate surface area is 517 Å². The predicted octanol–water partition coefficient (Wildman–Crippen LogP) is 9.03. The first kappa shape index (κ1) is 65.1. The summed E-state index contributed by atoms with van der Waals surface area (Å²) in [5.74, 6) is -2.06. The predicted molar refractivity (Wildman–Crippen MR) is 342 cm³/mol. The van der Waals surface area contributed by atoms with Crippen molar-refractivity contribution in [2.45, 2.75) is 115 Å². The number of unbranched alkanes of at least 4 members (excludes halogenated alkanes) is 2. The van der Waals surface area contributed by atoms with E-state index >= 15 is 0 Å². The Morgan fingerprint density at radius 1 is 0.809 bits per heavy atom. The third-order valence-electron chi connectivity index (χ3n) is 16.2. The molecule has 0 radical (unpaired) electrons. The molecule has 0 unspecified atom stereocenters. The van der Waals surface area contributed by atoms with Crippen molar-refractivity contribution < 1.29 is 62.9 Å². The van der Waals surface area contributed by atoms with Crippen molar-refractivity contribution in [2.75, 3.05) is 40.5 Å². The number of carbonyl (C=O) groups excluding carboxylic acids is 1. The average molecular weight is 1270 g/mol. The van der Waals surface area contributed by atoms with Gasteiger partial charge in [-0.1, -0.05) is 55.8 Å². The first-order chi connectivity index (χ1) is 41.9. The first-order valence-electron chi connectivity index (χ1n) is 29.1. The third-order valence-corrected chi connectivity index (χ3v) is 18.5. The number of aliphatic carboxylic acids is 1. The van der Waals surface area contributed by atoms with Crippen LogP contribution < -0.4 is 31.6 Å². The van der Waals surface area contributed by atoms with E-state index in [2.05, 4.69) is 67.1 Å². The summed E-state index contributed by atoms with van der Waals surface area (Å²) in [6.07, 6.45) is 12.8. The van der Waals surface area contributed by atoms with E-state index in [1.165, 1.54) is 12.3 Å². The molecule has 0 fully saturated rings. The molecule has 0 saturated carbocycles. The maximum Gasteiger partial charge on any atom is 0.326 e. The minimum atomic E-state index is -4.36. The molecular weight excluding hydrogens is 1200 g/mol. The summed E-state index contributed by atoms with van der Waals surface area (Å²) >= 11 is 0. The number of carboxylic acids is 1. The molecular formula is C64H73N8O14S3+. The lowest BCUT2D eigenvalue weighted by Gasteiger charge is -2.27. The molecule has 1 amide bonds. The average Bonchev–Trinajstić information content (AvgIpc) is 1.61. The maximum atomic E-state index is 13.5. The summed E-state index contributed by atoms with van der Waals surface area (Å²) in [6, 6.07) is 25.0. The molecule has 89 heavy (non-hydrogen) atoms. The lowest BCUT2D eigenvalue weighted by atomic mass is 9.80. The summed E-state index contributed by atoms with van der Waals surface area (Å²) in [6.45, 7) is 11.4. The van der Waals surface area contributed by atoms with Crippen molar-refractivity contribution in [2.24, 2.45) is 0 Å². The zero-order chi connectivity index (χ0) is 64.2. The van der Waals surface area contributed by atoms with E-state index in [4.69, 9.17) is 10.5 Å². The van der Waals surface area contributed by atoms with Crippen molar-refractivity contribution in [3.8, 4) is 5.75 Å². The number of hydrogen-bond acceptors (Lipinski definition) is 15. The number of H-pyrrole nitrogens is 1. The van der Waals surface area contributed by atoms with E-state index in [1.807, 2.05) is 45.1 Å². The largest absolute Gasteiger partial charge is 0.480 e. The minimum absolute atomic E-state index is 0.0664. The van der Waals surface area contributed by atoms with Crippen molar-refractivity contribution in [3.63, 3.8) is 0 Å². The van der Waals surface area contributed by atoms with Crippen molar-refractivity contribution in [3.05, 3.63) is 194 Å². The molecule has 470 valence electrons. The van der Waals surface area contributed by atoms with Gasteiger partial charge >= 0.3 is 5.97 Å². The van der Waals surface area contributed by atoms with Crippen LogP contribution in [-0.4, -0.2) is 112 Å². The molecule has 0 saturated heterocycles. The number of nitrogen functional groups attached to an aromatic ring is 1. The Bertz CT molecular complexity index is 4330. The Morgan fingerprint density at radius 2 is 1.51 bits per heavy atom. The normalized spacial score (nSPS) is 17.0. The number of aromatic amines is 1. The van der Waals surface area contributed by atoms with E-state index in [0.29, 0.717) is 78.3 Å². The SMILES string of the molecule is Cc1ccc2c(c1)C(C)(C)/C(=C\C=C1/CCCC(/C=C/C3=[N+](CCCCS(=O)(=O)O)c4ccc(CS(=O)(=O)O)cc4C3(C)C)=C1Oc1ccc(C[C@@H](NC(=O)c3ccc(NCc4cnc5cc(N)[nH]c(=O)c5n4)cc3)C(=O)O)cc1)N2CCCCS(=O)(=O)O. The highest BCUT2D eigenvalue weighted by Gasteiger charge is 2.45. The van der Waals surface area contributed by atoms with Crippen LogP contribution in [0.2, 0.25) is 0 Å².